The van der Waals surface area contributed by atoms with Crippen molar-refractivity contribution in [1.29, 1.82) is 0 Å². The predicted octanol–water partition coefficient (Wildman–Crippen LogP) is 1.08. The minimum atomic E-state index is -3.11. The minimum absolute atomic E-state index is 0.364. The average Bonchev–Trinajstić information content (AvgIpc) is 2.07. The van der Waals surface area contributed by atoms with E-state index in [1.165, 1.54) is 10.6 Å². The summed E-state index contributed by atoms with van der Waals surface area (Å²) in [4.78, 5) is 4.08. The van der Waals surface area contributed by atoms with Crippen LogP contribution in [0.5, 0.6) is 0 Å². The van der Waals surface area contributed by atoms with Gasteiger partial charge in [0.05, 0.1) is 6.26 Å². The fourth-order valence-electron chi connectivity index (χ4n) is 0.874. The second-order valence-corrected chi connectivity index (χ2v) is 6.20. The zero-order valence-corrected chi connectivity index (χ0v) is 10.9. The van der Waals surface area contributed by atoms with Crippen LogP contribution in [0.1, 0.15) is 5.56 Å². The lowest BCUT2D eigenvalue weighted by molar-refractivity contribution is 0.471. The van der Waals surface area contributed by atoms with E-state index < -0.39 is 10.0 Å². The molecule has 0 saturated carbocycles. The predicted molar refractivity (Wildman–Crippen MR) is 63.3 cm³/mol. The highest BCUT2D eigenvalue weighted by Crippen LogP contribution is 2.06. The Morgan fingerprint density at radius 1 is 1.50 bits per heavy atom. The number of sulfonamides is 1. The molecule has 0 amide bonds. The van der Waals surface area contributed by atoms with E-state index >= 15 is 0 Å². The zero-order valence-electron chi connectivity index (χ0n) is 7.94. The maximum Gasteiger partial charge on any atom is 0.211 e. The van der Waals surface area contributed by atoms with Crippen LogP contribution < -0.4 is 0 Å². The number of pyridine rings is 1. The molecule has 0 spiro atoms. The van der Waals surface area contributed by atoms with Crippen molar-refractivity contribution in [1.82, 2.24) is 9.29 Å². The van der Waals surface area contributed by atoms with E-state index in [0.717, 1.165) is 9.26 Å². The normalized spacial score (nSPS) is 12.0. The average molecular weight is 326 g/mol. The van der Waals surface area contributed by atoms with E-state index in [4.69, 9.17) is 0 Å². The third-order valence-corrected chi connectivity index (χ3v) is 3.66. The van der Waals surface area contributed by atoms with Crippen LogP contribution in [0, 0.1) is 3.70 Å². The second-order valence-electron chi connectivity index (χ2n) is 3.01. The van der Waals surface area contributed by atoms with E-state index in [-0.39, 0.29) is 0 Å². The number of halogens is 1. The first-order chi connectivity index (χ1) is 6.39. The molecule has 0 bridgehead atoms. The van der Waals surface area contributed by atoms with E-state index in [9.17, 15) is 8.42 Å². The Morgan fingerprint density at radius 3 is 2.57 bits per heavy atom. The standard InChI is InChI=1S/C8H11IN2O2S/c1-11(14(2,12)13)6-7-3-4-8(9)10-5-7/h3-5H,6H2,1-2H3. The van der Waals surface area contributed by atoms with Crippen LogP contribution >= 0.6 is 22.6 Å². The molecule has 0 radical (unpaired) electrons. The Kier molecular flexibility index (Phi) is 3.85. The fourth-order valence-corrected chi connectivity index (χ4v) is 1.58. The smallest absolute Gasteiger partial charge is 0.211 e. The van der Waals surface area contributed by atoms with Gasteiger partial charge >= 0.3 is 0 Å². The first-order valence-corrected chi connectivity index (χ1v) is 6.84. The Balaban J connectivity index is 2.75. The summed E-state index contributed by atoms with van der Waals surface area (Å²) in [6, 6.07) is 3.72. The van der Waals surface area contributed by atoms with Crippen molar-refractivity contribution in [2.45, 2.75) is 6.54 Å². The van der Waals surface area contributed by atoms with Gasteiger partial charge < -0.3 is 0 Å². The number of aromatic nitrogens is 1. The van der Waals surface area contributed by atoms with Crippen molar-refractivity contribution in [2.75, 3.05) is 13.3 Å². The summed E-state index contributed by atoms with van der Waals surface area (Å²) in [6.07, 6.45) is 2.87. The monoisotopic (exact) mass is 326 g/mol. The molecule has 0 N–H and O–H groups in total. The number of nitrogens with zero attached hydrogens (tertiary/aromatic N) is 2. The van der Waals surface area contributed by atoms with Gasteiger partial charge in [-0.25, -0.2) is 17.7 Å². The molecule has 1 aromatic rings. The van der Waals surface area contributed by atoms with Crippen molar-refractivity contribution < 1.29 is 8.42 Å². The van der Waals surface area contributed by atoms with Crippen molar-refractivity contribution in [3.63, 3.8) is 0 Å². The minimum Gasteiger partial charge on any atom is -0.250 e. The van der Waals surface area contributed by atoms with Crippen molar-refractivity contribution in [3.8, 4) is 0 Å². The lowest BCUT2D eigenvalue weighted by atomic mass is 10.3. The summed E-state index contributed by atoms with van der Waals surface area (Å²) in [5.74, 6) is 0. The van der Waals surface area contributed by atoms with Gasteiger partial charge in [0.25, 0.3) is 0 Å². The molecule has 6 heteroatoms. The summed E-state index contributed by atoms with van der Waals surface area (Å²) in [5, 5.41) is 0. The molecular weight excluding hydrogens is 315 g/mol. The summed E-state index contributed by atoms with van der Waals surface area (Å²) < 4.78 is 24.4. The Labute approximate surface area is 97.5 Å². The van der Waals surface area contributed by atoms with Gasteiger partial charge in [0.2, 0.25) is 10.0 Å². The largest absolute Gasteiger partial charge is 0.250 e. The van der Waals surface area contributed by atoms with Crippen molar-refractivity contribution in [2.24, 2.45) is 0 Å². The summed E-state index contributed by atoms with van der Waals surface area (Å²) in [5.41, 5.74) is 0.887. The molecule has 14 heavy (non-hydrogen) atoms. The van der Waals surface area contributed by atoms with Gasteiger partial charge in [-0.2, -0.15) is 0 Å². The molecule has 0 aromatic carbocycles. The molecule has 1 aromatic heterocycles. The van der Waals surface area contributed by atoms with Gasteiger partial charge in [0.15, 0.2) is 0 Å². The van der Waals surface area contributed by atoms with Gasteiger partial charge in [0, 0.05) is 19.8 Å². The van der Waals surface area contributed by atoms with Crippen molar-refractivity contribution in [3.05, 3.63) is 27.6 Å². The highest BCUT2D eigenvalue weighted by atomic mass is 127. The molecule has 0 aliphatic carbocycles. The maximum absolute atomic E-state index is 11.1. The third kappa shape index (κ3) is 3.50. The van der Waals surface area contributed by atoms with E-state index in [0.29, 0.717) is 6.54 Å². The molecule has 0 atom stereocenters. The maximum atomic E-state index is 11.1. The topological polar surface area (TPSA) is 50.3 Å². The molecular formula is C8H11IN2O2S. The fraction of sp³-hybridized carbons (Fsp3) is 0.375. The quantitative estimate of drug-likeness (QED) is 0.617. The molecule has 0 aliphatic heterocycles. The lowest BCUT2D eigenvalue weighted by Crippen LogP contribution is -2.24. The molecule has 1 rings (SSSR count). The summed E-state index contributed by atoms with van der Waals surface area (Å²) in [6.45, 7) is 0.364. The van der Waals surface area contributed by atoms with E-state index in [1.54, 1.807) is 13.2 Å². The van der Waals surface area contributed by atoms with Gasteiger partial charge in [0.1, 0.15) is 3.70 Å². The Hall–Kier alpha value is -0.210. The van der Waals surface area contributed by atoms with E-state index in [2.05, 4.69) is 27.6 Å². The van der Waals surface area contributed by atoms with Crippen LogP contribution in [0.25, 0.3) is 0 Å². The SMILES string of the molecule is CN(Cc1ccc(I)nc1)S(C)(=O)=O. The first-order valence-electron chi connectivity index (χ1n) is 3.91. The molecule has 0 aliphatic rings. The molecule has 0 fully saturated rings. The molecule has 4 nitrogen and oxygen atoms in total. The van der Waals surface area contributed by atoms with Crippen LogP contribution in [0.2, 0.25) is 0 Å². The van der Waals surface area contributed by atoms with Crippen molar-refractivity contribution >= 4 is 32.6 Å². The molecule has 0 unspecified atom stereocenters. The Morgan fingerprint density at radius 2 is 2.14 bits per heavy atom. The van der Waals surface area contributed by atoms with Gasteiger partial charge in [-0.05, 0) is 34.2 Å². The number of hydrogen-bond acceptors (Lipinski definition) is 3. The van der Waals surface area contributed by atoms with Crippen LogP contribution in [-0.4, -0.2) is 31.0 Å². The van der Waals surface area contributed by atoms with Gasteiger partial charge in [-0.1, -0.05) is 6.07 Å². The lowest BCUT2D eigenvalue weighted by Gasteiger charge is -2.13. The van der Waals surface area contributed by atoms with Crippen LogP contribution in [0.15, 0.2) is 18.3 Å². The second kappa shape index (κ2) is 4.54. The van der Waals surface area contributed by atoms with E-state index in [1.807, 2.05) is 12.1 Å². The Bertz CT molecular complexity index is 402. The highest BCUT2D eigenvalue weighted by Gasteiger charge is 2.10. The van der Waals surface area contributed by atoms with Gasteiger partial charge in [-0.15, -0.1) is 0 Å². The molecule has 78 valence electrons. The first kappa shape index (κ1) is 11.9. The molecule has 1 heterocycles. The number of hydrogen-bond donors (Lipinski definition) is 0. The number of rotatable bonds is 3. The third-order valence-electron chi connectivity index (χ3n) is 1.76. The molecule has 0 saturated heterocycles. The van der Waals surface area contributed by atoms with Crippen LogP contribution in [-0.2, 0) is 16.6 Å². The highest BCUT2D eigenvalue weighted by molar-refractivity contribution is 14.1. The van der Waals surface area contributed by atoms with Crippen LogP contribution in [0.4, 0.5) is 0 Å². The van der Waals surface area contributed by atoms with Gasteiger partial charge in [-0.3, -0.25) is 0 Å². The zero-order chi connectivity index (χ0) is 10.8. The van der Waals surface area contributed by atoms with Crippen LogP contribution in [0.3, 0.4) is 0 Å². The summed E-state index contributed by atoms with van der Waals surface area (Å²) in [7, 11) is -1.56. The summed E-state index contributed by atoms with van der Waals surface area (Å²) >= 11 is 2.10.